The summed E-state index contributed by atoms with van der Waals surface area (Å²) in [6.45, 7) is 7.72. The summed E-state index contributed by atoms with van der Waals surface area (Å²) in [7, 11) is 0. The zero-order valence-corrected chi connectivity index (χ0v) is 18.6. The molecule has 3 aromatic rings. The number of anilines is 1. The van der Waals surface area contributed by atoms with E-state index in [-0.39, 0.29) is 23.8 Å². The van der Waals surface area contributed by atoms with Gasteiger partial charge in [0.1, 0.15) is 11.4 Å². The maximum Gasteiger partial charge on any atom is 0.255 e. The number of benzene rings is 1. The molecular formula is C24H27N5O3. The molecule has 0 saturated carbocycles. The van der Waals surface area contributed by atoms with Crippen molar-refractivity contribution in [1.29, 1.82) is 0 Å². The van der Waals surface area contributed by atoms with Crippen LogP contribution in [-0.4, -0.2) is 33.4 Å². The Bertz CT molecular complexity index is 1090. The van der Waals surface area contributed by atoms with Crippen LogP contribution in [0.15, 0.2) is 54.9 Å². The first-order valence-corrected chi connectivity index (χ1v) is 10.5. The third-order valence-corrected chi connectivity index (χ3v) is 4.67. The topological polar surface area (TPSA) is 106 Å². The van der Waals surface area contributed by atoms with Crippen LogP contribution in [0.25, 0.3) is 11.5 Å². The van der Waals surface area contributed by atoms with Crippen molar-refractivity contribution in [2.75, 3.05) is 11.9 Å². The first kappa shape index (κ1) is 22.9. The monoisotopic (exact) mass is 433 g/mol. The Hall–Kier alpha value is -3.81. The number of amides is 2. The van der Waals surface area contributed by atoms with Crippen molar-refractivity contribution in [1.82, 2.24) is 20.3 Å². The highest BCUT2D eigenvalue weighted by molar-refractivity contribution is 6.00. The van der Waals surface area contributed by atoms with Crippen molar-refractivity contribution < 1.29 is 14.3 Å². The molecule has 0 aliphatic carbocycles. The number of hydrogen-bond acceptors (Lipinski definition) is 6. The molecule has 0 aliphatic rings. The third kappa shape index (κ3) is 5.66. The van der Waals surface area contributed by atoms with Crippen molar-refractivity contribution in [2.45, 2.75) is 33.7 Å². The summed E-state index contributed by atoms with van der Waals surface area (Å²) < 4.78 is 5.62. The molecule has 1 unspecified atom stereocenters. The van der Waals surface area contributed by atoms with Crippen LogP contribution >= 0.6 is 0 Å². The fourth-order valence-electron chi connectivity index (χ4n) is 2.95. The van der Waals surface area contributed by atoms with Crippen LogP contribution in [0.2, 0.25) is 0 Å². The first-order chi connectivity index (χ1) is 15.4. The van der Waals surface area contributed by atoms with Gasteiger partial charge in [-0.3, -0.25) is 9.59 Å². The van der Waals surface area contributed by atoms with Gasteiger partial charge in [-0.05, 0) is 50.2 Å². The fourth-order valence-corrected chi connectivity index (χ4v) is 2.95. The van der Waals surface area contributed by atoms with Gasteiger partial charge in [-0.2, -0.15) is 0 Å². The molecule has 0 bridgehead atoms. The van der Waals surface area contributed by atoms with E-state index >= 15 is 0 Å². The van der Waals surface area contributed by atoms with Crippen LogP contribution in [0.1, 0.15) is 49.8 Å². The van der Waals surface area contributed by atoms with E-state index in [1.54, 1.807) is 50.5 Å². The Balaban J connectivity index is 1.82. The minimum atomic E-state index is -0.380. The lowest BCUT2D eigenvalue weighted by atomic mass is 10.1. The molecular weight excluding hydrogens is 406 g/mol. The molecule has 32 heavy (non-hydrogen) atoms. The molecule has 0 saturated heterocycles. The molecule has 0 fully saturated rings. The molecule has 2 amide bonds. The molecule has 2 N–H and O–H groups in total. The van der Waals surface area contributed by atoms with E-state index in [2.05, 4.69) is 25.6 Å². The Morgan fingerprint density at radius 1 is 1.03 bits per heavy atom. The fraction of sp³-hybridized carbons (Fsp3) is 0.292. The number of rotatable bonds is 8. The Morgan fingerprint density at radius 2 is 1.78 bits per heavy atom. The van der Waals surface area contributed by atoms with Gasteiger partial charge in [0.05, 0.1) is 23.9 Å². The molecule has 2 heterocycles. The van der Waals surface area contributed by atoms with E-state index in [1.165, 1.54) is 0 Å². The van der Waals surface area contributed by atoms with E-state index in [0.29, 0.717) is 40.8 Å². The van der Waals surface area contributed by atoms with Crippen molar-refractivity contribution in [3.8, 4) is 17.3 Å². The normalized spacial score (nSPS) is 11.7. The highest BCUT2D eigenvalue weighted by atomic mass is 16.5. The molecule has 2 aromatic heterocycles. The summed E-state index contributed by atoms with van der Waals surface area (Å²) in [5.41, 5.74) is 2.16. The summed E-state index contributed by atoms with van der Waals surface area (Å²) >= 11 is 0. The summed E-state index contributed by atoms with van der Waals surface area (Å²) in [5.74, 6) is 0.327. The number of carbonyl (C=O) groups is 2. The highest BCUT2D eigenvalue weighted by Gasteiger charge is 2.19. The quantitative estimate of drug-likeness (QED) is 0.556. The minimum Gasteiger partial charge on any atom is -0.493 e. The second-order valence-electron chi connectivity index (χ2n) is 7.50. The third-order valence-electron chi connectivity index (χ3n) is 4.67. The van der Waals surface area contributed by atoms with Crippen molar-refractivity contribution in [3.05, 3.63) is 66.1 Å². The Morgan fingerprint density at radius 3 is 2.47 bits per heavy atom. The largest absolute Gasteiger partial charge is 0.493 e. The van der Waals surface area contributed by atoms with Gasteiger partial charge in [-0.1, -0.05) is 19.9 Å². The first-order valence-electron chi connectivity index (χ1n) is 10.5. The average Bonchev–Trinajstić information content (AvgIpc) is 2.80. The number of hydrogen-bond donors (Lipinski definition) is 2. The van der Waals surface area contributed by atoms with Gasteiger partial charge in [0.25, 0.3) is 5.91 Å². The van der Waals surface area contributed by atoms with Gasteiger partial charge in [0, 0.05) is 24.0 Å². The number of pyridine rings is 1. The standard InChI is InChI=1S/C24H27N5O3/c1-5-32-21-11-10-17(28-23(30)15(2)3)14-18(21)24(31)27-16(4)19-8-6-9-20(29-19)22-25-12-7-13-26-22/h6-16H,5H2,1-4H3,(H,27,31)(H,28,30). The number of aromatic nitrogens is 3. The summed E-state index contributed by atoms with van der Waals surface area (Å²) in [6, 6.07) is 11.9. The molecule has 166 valence electrons. The van der Waals surface area contributed by atoms with Gasteiger partial charge in [-0.25, -0.2) is 15.0 Å². The smallest absolute Gasteiger partial charge is 0.255 e. The minimum absolute atomic E-state index is 0.127. The Labute approximate surface area is 187 Å². The van der Waals surface area contributed by atoms with Crippen LogP contribution in [0.4, 0.5) is 5.69 Å². The van der Waals surface area contributed by atoms with Crippen LogP contribution in [0.3, 0.4) is 0 Å². The van der Waals surface area contributed by atoms with Gasteiger partial charge in [0.2, 0.25) is 5.91 Å². The van der Waals surface area contributed by atoms with Gasteiger partial charge in [-0.15, -0.1) is 0 Å². The molecule has 8 heteroatoms. The summed E-state index contributed by atoms with van der Waals surface area (Å²) in [6.07, 6.45) is 3.31. The van der Waals surface area contributed by atoms with Gasteiger partial charge in [0.15, 0.2) is 5.82 Å². The predicted octanol–water partition coefficient (Wildman–Crippen LogP) is 4.02. The van der Waals surface area contributed by atoms with Crippen molar-refractivity contribution >= 4 is 17.5 Å². The van der Waals surface area contributed by atoms with E-state index in [9.17, 15) is 9.59 Å². The predicted molar refractivity (Wildman–Crippen MR) is 122 cm³/mol. The van der Waals surface area contributed by atoms with Crippen LogP contribution in [0, 0.1) is 5.92 Å². The summed E-state index contributed by atoms with van der Waals surface area (Å²) in [5, 5.41) is 5.77. The number of ether oxygens (including phenoxy) is 1. The maximum absolute atomic E-state index is 13.1. The van der Waals surface area contributed by atoms with Crippen LogP contribution < -0.4 is 15.4 Å². The number of carbonyl (C=O) groups excluding carboxylic acids is 2. The second-order valence-corrected chi connectivity index (χ2v) is 7.50. The van der Waals surface area contributed by atoms with E-state index in [0.717, 1.165) is 0 Å². The SMILES string of the molecule is CCOc1ccc(NC(=O)C(C)C)cc1C(=O)NC(C)c1cccc(-c2ncccn2)n1. The lowest BCUT2D eigenvalue weighted by Crippen LogP contribution is -2.28. The molecule has 1 aromatic carbocycles. The van der Waals surface area contributed by atoms with E-state index < -0.39 is 0 Å². The highest BCUT2D eigenvalue weighted by Crippen LogP contribution is 2.25. The number of nitrogens with one attached hydrogen (secondary N) is 2. The zero-order chi connectivity index (χ0) is 23.1. The van der Waals surface area contributed by atoms with Gasteiger partial charge < -0.3 is 15.4 Å². The lowest BCUT2D eigenvalue weighted by Gasteiger charge is -2.17. The summed E-state index contributed by atoms with van der Waals surface area (Å²) in [4.78, 5) is 38.2. The van der Waals surface area contributed by atoms with E-state index in [1.807, 2.05) is 32.0 Å². The second kappa shape index (κ2) is 10.5. The van der Waals surface area contributed by atoms with Crippen LogP contribution in [0.5, 0.6) is 5.75 Å². The molecule has 1 atom stereocenters. The molecule has 8 nitrogen and oxygen atoms in total. The Kier molecular flexibility index (Phi) is 7.49. The zero-order valence-electron chi connectivity index (χ0n) is 18.6. The molecule has 3 rings (SSSR count). The molecule has 0 radical (unpaired) electrons. The van der Waals surface area contributed by atoms with Crippen LogP contribution in [-0.2, 0) is 4.79 Å². The molecule has 0 spiro atoms. The van der Waals surface area contributed by atoms with Crippen molar-refractivity contribution in [3.63, 3.8) is 0 Å². The van der Waals surface area contributed by atoms with E-state index in [4.69, 9.17) is 4.74 Å². The van der Waals surface area contributed by atoms with Crippen molar-refractivity contribution in [2.24, 2.45) is 5.92 Å². The average molecular weight is 434 g/mol. The molecule has 0 aliphatic heterocycles. The van der Waals surface area contributed by atoms with Gasteiger partial charge >= 0.3 is 0 Å². The number of nitrogens with zero attached hydrogens (tertiary/aromatic N) is 3. The lowest BCUT2D eigenvalue weighted by molar-refractivity contribution is -0.118. The maximum atomic E-state index is 13.1.